The van der Waals surface area contributed by atoms with Gasteiger partial charge in [-0.1, -0.05) is 42.5 Å². The number of aryl methyl sites for hydroxylation is 1. The van der Waals surface area contributed by atoms with Crippen molar-refractivity contribution in [1.82, 2.24) is 9.78 Å². The minimum Gasteiger partial charge on any atom is -0.324 e. The average molecular weight is 333 g/mol. The van der Waals surface area contributed by atoms with E-state index in [2.05, 4.69) is 10.4 Å². The van der Waals surface area contributed by atoms with Crippen LogP contribution in [0.15, 0.2) is 65.5 Å². The van der Waals surface area contributed by atoms with Gasteiger partial charge in [0.2, 0.25) is 5.91 Å². The molecule has 126 valence electrons. The number of hydrogen-bond donors (Lipinski definition) is 1. The van der Waals surface area contributed by atoms with Crippen molar-refractivity contribution in [2.45, 2.75) is 20.4 Å². The highest BCUT2D eigenvalue weighted by atomic mass is 16.2. The first-order chi connectivity index (χ1) is 12.0. The normalized spacial score (nSPS) is 10.5. The molecule has 0 aliphatic carbocycles. The first kappa shape index (κ1) is 16.6. The van der Waals surface area contributed by atoms with Gasteiger partial charge in [0.15, 0.2) is 0 Å². The Kier molecular flexibility index (Phi) is 4.75. The maximum atomic E-state index is 12.3. The van der Waals surface area contributed by atoms with Crippen LogP contribution in [0.2, 0.25) is 0 Å². The monoisotopic (exact) mass is 333 g/mol. The Morgan fingerprint density at radius 2 is 1.76 bits per heavy atom. The summed E-state index contributed by atoms with van der Waals surface area (Å²) in [4.78, 5) is 24.4. The van der Waals surface area contributed by atoms with Crippen molar-refractivity contribution in [3.05, 3.63) is 82.1 Å². The quantitative estimate of drug-likeness (QED) is 0.797. The number of benzene rings is 2. The second kappa shape index (κ2) is 7.13. The van der Waals surface area contributed by atoms with E-state index in [1.165, 1.54) is 10.7 Å². The predicted octanol–water partition coefficient (Wildman–Crippen LogP) is 3.17. The Labute approximate surface area is 145 Å². The standard InChI is InChI=1S/C20H19N3O2/c1-14-7-6-10-17(15(14)2)21-19(24)13-23-20(25)12-11-18(22-23)16-8-4-3-5-9-16/h3-12H,13H2,1-2H3,(H,21,24). The molecule has 3 rings (SSSR count). The average Bonchev–Trinajstić information content (AvgIpc) is 2.61. The Morgan fingerprint density at radius 1 is 1.00 bits per heavy atom. The van der Waals surface area contributed by atoms with E-state index >= 15 is 0 Å². The number of hydrogen-bond acceptors (Lipinski definition) is 3. The number of rotatable bonds is 4. The summed E-state index contributed by atoms with van der Waals surface area (Å²) in [6, 6.07) is 18.4. The lowest BCUT2D eigenvalue weighted by molar-refractivity contribution is -0.117. The molecule has 0 saturated heterocycles. The van der Waals surface area contributed by atoms with E-state index in [4.69, 9.17) is 0 Å². The number of amides is 1. The van der Waals surface area contributed by atoms with Crippen molar-refractivity contribution in [2.75, 3.05) is 5.32 Å². The van der Waals surface area contributed by atoms with E-state index in [-0.39, 0.29) is 18.0 Å². The molecular weight excluding hydrogens is 314 g/mol. The second-order valence-corrected chi connectivity index (χ2v) is 5.88. The number of anilines is 1. The van der Waals surface area contributed by atoms with Crippen LogP contribution >= 0.6 is 0 Å². The lowest BCUT2D eigenvalue weighted by Crippen LogP contribution is -2.29. The summed E-state index contributed by atoms with van der Waals surface area (Å²) in [5, 5.41) is 7.15. The van der Waals surface area contributed by atoms with Crippen molar-refractivity contribution in [2.24, 2.45) is 0 Å². The SMILES string of the molecule is Cc1cccc(NC(=O)Cn2nc(-c3ccccc3)ccc2=O)c1C. The van der Waals surface area contributed by atoms with Gasteiger partial charge in [0.1, 0.15) is 6.54 Å². The zero-order valence-electron chi connectivity index (χ0n) is 14.2. The molecule has 0 spiro atoms. The summed E-state index contributed by atoms with van der Waals surface area (Å²) < 4.78 is 1.18. The third-order valence-corrected chi connectivity index (χ3v) is 4.11. The van der Waals surface area contributed by atoms with Crippen LogP contribution in [0.1, 0.15) is 11.1 Å². The molecule has 0 unspecified atom stereocenters. The maximum Gasteiger partial charge on any atom is 0.267 e. The molecule has 0 aliphatic rings. The lowest BCUT2D eigenvalue weighted by Gasteiger charge is -2.11. The predicted molar refractivity (Wildman–Crippen MR) is 98.5 cm³/mol. The third-order valence-electron chi connectivity index (χ3n) is 4.11. The van der Waals surface area contributed by atoms with E-state index in [9.17, 15) is 9.59 Å². The van der Waals surface area contributed by atoms with Crippen LogP contribution in [0.5, 0.6) is 0 Å². The topological polar surface area (TPSA) is 64.0 Å². The van der Waals surface area contributed by atoms with Crippen molar-refractivity contribution < 1.29 is 4.79 Å². The third kappa shape index (κ3) is 3.83. The molecule has 1 amide bonds. The van der Waals surface area contributed by atoms with Gasteiger partial charge >= 0.3 is 0 Å². The van der Waals surface area contributed by atoms with Gasteiger partial charge in [-0.25, -0.2) is 4.68 Å². The van der Waals surface area contributed by atoms with Gasteiger partial charge in [0.25, 0.3) is 5.56 Å². The van der Waals surface area contributed by atoms with Gasteiger partial charge in [-0.2, -0.15) is 5.10 Å². The minimum atomic E-state index is -0.309. The summed E-state index contributed by atoms with van der Waals surface area (Å²) >= 11 is 0. The molecule has 1 heterocycles. The van der Waals surface area contributed by atoms with Crippen LogP contribution in [-0.2, 0) is 11.3 Å². The fourth-order valence-corrected chi connectivity index (χ4v) is 2.54. The van der Waals surface area contributed by atoms with Crippen LogP contribution < -0.4 is 10.9 Å². The summed E-state index contributed by atoms with van der Waals surface area (Å²) in [5.41, 5.74) is 4.09. The second-order valence-electron chi connectivity index (χ2n) is 5.88. The van der Waals surface area contributed by atoms with Crippen LogP contribution in [0.3, 0.4) is 0 Å². The summed E-state index contributed by atoms with van der Waals surface area (Å²) in [6.45, 7) is 3.80. The van der Waals surface area contributed by atoms with E-state index in [1.54, 1.807) is 6.07 Å². The smallest absolute Gasteiger partial charge is 0.267 e. The van der Waals surface area contributed by atoms with Crippen LogP contribution in [0.4, 0.5) is 5.69 Å². The summed E-state index contributed by atoms with van der Waals surface area (Å²) in [7, 11) is 0. The number of carbonyl (C=O) groups excluding carboxylic acids is 1. The largest absolute Gasteiger partial charge is 0.324 e. The molecule has 5 heteroatoms. The van der Waals surface area contributed by atoms with Gasteiger partial charge < -0.3 is 5.32 Å². The molecule has 0 atom stereocenters. The molecule has 0 aliphatic heterocycles. The zero-order chi connectivity index (χ0) is 17.8. The molecule has 5 nitrogen and oxygen atoms in total. The van der Waals surface area contributed by atoms with Crippen molar-refractivity contribution >= 4 is 11.6 Å². The Morgan fingerprint density at radius 3 is 2.52 bits per heavy atom. The molecule has 3 aromatic rings. The molecule has 1 aromatic heterocycles. The highest BCUT2D eigenvalue weighted by Crippen LogP contribution is 2.18. The molecule has 1 N–H and O–H groups in total. The Hall–Kier alpha value is -3.21. The van der Waals surface area contributed by atoms with Crippen molar-refractivity contribution in [3.63, 3.8) is 0 Å². The molecule has 0 fully saturated rings. The van der Waals surface area contributed by atoms with Gasteiger partial charge in [0.05, 0.1) is 5.69 Å². The van der Waals surface area contributed by atoms with Crippen LogP contribution in [0.25, 0.3) is 11.3 Å². The van der Waals surface area contributed by atoms with Gasteiger partial charge in [-0.15, -0.1) is 0 Å². The number of nitrogens with one attached hydrogen (secondary N) is 1. The number of carbonyl (C=O) groups is 1. The number of nitrogens with zero attached hydrogens (tertiary/aromatic N) is 2. The van der Waals surface area contributed by atoms with E-state index < -0.39 is 0 Å². The van der Waals surface area contributed by atoms with E-state index in [0.29, 0.717) is 5.69 Å². The fraction of sp³-hybridized carbons (Fsp3) is 0.150. The van der Waals surface area contributed by atoms with E-state index in [1.807, 2.05) is 62.4 Å². The highest BCUT2D eigenvalue weighted by molar-refractivity contribution is 5.91. The highest BCUT2D eigenvalue weighted by Gasteiger charge is 2.10. The van der Waals surface area contributed by atoms with Gasteiger partial charge in [-0.05, 0) is 37.1 Å². The fourth-order valence-electron chi connectivity index (χ4n) is 2.54. The lowest BCUT2D eigenvalue weighted by atomic mass is 10.1. The summed E-state index contributed by atoms with van der Waals surface area (Å²) in [6.07, 6.45) is 0. The maximum absolute atomic E-state index is 12.3. The molecular formula is C20H19N3O2. The first-order valence-electron chi connectivity index (χ1n) is 8.04. The van der Waals surface area contributed by atoms with E-state index in [0.717, 1.165) is 22.4 Å². The van der Waals surface area contributed by atoms with Crippen LogP contribution in [-0.4, -0.2) is 15.7 Å². The summed E-state index contributed by atoms with van der Waals surface area (Å²) in [5.74, 6) is -0.284. The zero-order valence-corrected chi connectivity index (χ0v) is 14.2. The van der Waals surface area contributed by atoms with Crippen molar-refractivity contribution in [3.8, 4) is 11.3 Å². The Balaban J connectivity index is 1.81. The Bertz CT molecular complexity index is 962. The van der Waals surface area contributed by atoms with Crippen molar-refractivity contribution in [1.29, 1.82) is 0 Å². The molecule has 0 bridgehead atoms. The molecule has 2 aromatic carbocycles. The first-order valence-corrected chi connectivity index (χ1v) is 8.04. The molecule has 0 saturated carbocycles. The van der Waals surface area contributed by atoms with Crippen LogP contribution in [0, 0.1) is 13.8 Å². The van der Waals surface area contributed by atoms with Gasteiger partial charge in [-0.3, -0.25) is 9.59 Å². The minimum absolute atomic E-state index is 0.132. The number of aromatic nitrogens is 2. The molecule has 25 heavy (non-hydrogen) atoms. The van der Waals surface area contributed by atoms with Gasteiger partial charge in [0, 0.05) is 17.3 Å². The molecule has 0 radical (unpaired) electrons.